The van der Waals surface area contributed by atoms with E-state index in [9.17, 15) is 4.79 Å². The van der Waals surface area contributed by atoms with E-state index in [-0.39, 0.29) is 12.6 Å². The van der Waals surface area contributed by atoms with E-state index in [0.717, 1.165) is 24.2 Å². The van der Waals surface area contributed by atoms with Gasteiger partial charge in [0.05, 0.1) is 0 Å². The van der Waals surface area contributed by atoms with Crippen molar-refractivity contribution >= 4 is 11.9 Å². The number of carbonyl (C=O) groups excluding carboxylic acids is 1. The lowest BCUT2D eigenvalue weighted by Crippen LogP contribution is -2.00. The maximum Gasteiger partial charge on any atom is 0.188 e. The highest BCUT2D eigenvalue weighted by molar-refractivity contribution is 5.93. The molecule has 1 rings (SSSR count). The fourth-order valence-corrected chi connectivity index (χ4v) is 1.86. The van der Waals surface area contributed by atoms with E-state index in [1.54, 1.807) is 13.2 Å². The topological polar surface area (TPSA) is 35.5 Å². The summed E-state index contributed by atoms with van der Waals surface area (Å²) in [7, 11) is 1.58. The highest BCUT2D eigenvalue weighted by Gasteiger charge is 2.01. The molecular formula is C17H24O3. The minimum absolute atomic E-state index is 0.169. The largest absolute Gasteiger partial charge is 0.467 e. The molecule has 0 saturated heterocycles. The Morgan fingerprint density at radius 2 is 2.00 bits per heavy atom. The number of unbranched alkanes of at least 4 members (excludes halogenated alkanes) is 3. The number of carbonyl (C=O) groups is 1. The standard InChI is InChI=1S/C17H24O3/c1-3-4-5-6-10-16(18)13-12-15-9-7-8-11-17(15)20-14-19-2/h7-9,11-13H,3-6,10,14H2,1-2H3/b13-12+. The van der Waals surface area contributed by atoms with E-state index >= 15 is 0 Å². The zero-order chi connectivity index (χ0) is 14.6. The van der Waals surface area contributed by atoms with Crippen LogP contribution < -0.4 is 4.74 Å². The predicted octanol–water partition coefficient (Wildman–Crippen LogP) is 4.22. The summed E-state index contributed by atoms with van der Waals surface area (Å²) in [6.07, 6.45) is 8.56. The fourth-order valence-electron chi connectivity index (χ4n) is 1.86. The van der Waals surface area contributed by atoms with E-state index < -0.39 is 0 Å². The van der Waals surface area contributed by atoms with E-state index in [0.29, 0.717) is 6.42 Å². The molecule has 0 spiro atoms. The summed E-state index contributed by atoms with van der Waals surface area (Å²) in [5.41, 5.74) is 0.895. The molecule has 0 atom stereocenters. The van der Waals surface area contributed by atoms with Crippen LogP contribution in [0.5, 0.6) is 5.75 Å². The van der Waals surface area contributed by atoms with Crippen LogP contribution in [0.3, 0.4) is 0 Å². The van der Waals surface area contributed by atoms with Gasteiger partial charge in [-0.1, -0.05) is 44.4 Å². The van der Waals surface area contributed by atoms with Crippen LogP contribution in [0, 0.1) is 0 Å². The van der Waals surface area contributed by atoms with Gasteiger partial charge in [-0.3, -0.25) is 4.79 Å². The van der Waals surface area contributed by atoms with Crippen LogP contribution in [0.15, 0.2) is 30.3 Å². The lowest BCUT2D eigenvalue weighted by atomic mass is 10.1. The Morgan fingerprint density at radius 3 is 2.75 bits per heavy atom. The lowest BCUT2D eigenvalue weighted by Gasteiger charge is -2.07. The first kappa shape index (κ1) is 16.4. The molecule has 0 fully saturated rings. The molecule has 0 unspecified atom stereocenters. The first-order valence-corrected chi connectivity index (χ1v) is 7.19. The van der Waals surface area contributed by atoms with Crippen molar-refractivity contribution in [1.82, 2.24) is 0 Å². The molecule has 0 aliphatic rings. The minimum atomic E-state index is 0.169. The minimum Gasteiger partial charge on any atom is -0.467 e. The Morgan fingerprint density at radius 1 is 1.20 bits per heavy atom. The average molecular weight is 276 g/mol. The van der Waals surface area contributed by atoms with Gasteiger partial charge in [0.15, 0.2) is 12.6 Å². The van der Waals surface area contributed by atoms with Crippen LogP contribution >= 0.6 is 0 Å². The van der Waals surface area contributed by atoms with Gasteiger partial charge in [0.2, 0.25) is 0 Å². The van der Waals surface area contributed by atoms with Crippen LogP contribution in [-0.4, -0.2) is 19.7 Å². The van der Waals surface area contributed by atoms with Crippen molar-refractivity contribution in [3.8, 4) is 5.75 Å². The third kappa shape index (κ3) is 6.53. The number of ether oxygens (including phenoxy) is 2. The van der Waals surface area contributed by atoms with E-state index in [1.807, 2.05) is 30.3 Å². The number of hydrogen-bond acceptors (Lipinski definition) is 3. The van der Waals surface area contributed by atoms with Gasteiger partial charge in [-0.15, -0.1) is 0 Å². The number of hydrogen-bond donors (Lipinski definition) is 0. The number of ketones is 1. The third-order valence-electron chi connectivity index (χ3n) is 2.98. The van der Waals surface area contributed by atoms with Gasteiger partial charge in [0, 0.05) is 19.1 Å². The molecule has 0 aliphatic heterocycles. The SMILES string of the molecule is CCCCCCC(=O)/C=C/c1ccccc1OCOC. The maximum absolute atomic E-state index is 11.8. The van der Waals surface area contributed by atoms with E-state index in [2.05, 4.69) is 6.92 Å². The third-order valence-corrected chi connectivity index (χ3v) is 2.98. The molecule has 0 N–H and O–H groups in total. The lowest BCUT2D eigenvalue weighted by molar-refractivity contribution is -0.114. The summed E-state index contributed by atoms with van der Waals surface area (Å²) in [4.78, 5) is 11.8. The molecule has 110 valence electrons. The first-order chi connectivity index (χ1) is 9.77. The molecular weight excluding hydrogens is 252 g/mol. The second-order valence-corrected chi connectivity index (χ2v) is 4.70. The quantitative estimate of drug-likeness (QED) is 0.364. The Bertz CT molecular complexity index is 424. The summed E-state index contributed by atoms with van der Waals surface area (Å²) in [5, 5.41) is 0. The van der Waals surface area contributed by atoms with Gasteiger partial charge in [-0.05, 0) is 24.6 Å². The highest BCUT2D eigenvalue weighted by Crippen LogP contribution is 2.19. The molecule has 0 saturated carbocycles. The van der Waals surface area contributed by atoms with Crippen LogP contribution in [0.4, 0.5) is 0 Å². The van der Waals surface area contributed by atoms with Gasteiger partial charge in [-0.25, -0.2) is 0 Å². The number of benzene rings is 1. The smallest absolute Gasteiger partial charge is 0.188 e. The van der Waals surface area contributed by atoms with Crippen LogP contribution in [-0.2, 0) is 9.53 Å². The fraction of sp³-hybridized carbons (Fsp3) is 0.471. The summed E-state index contributed by atoms with van der Waals surface area (Å²) in [6, 6.07) is 7.61. The highest BCUT2D eigenvalue weighted by atomic mass is 16.7. The zero-order valence-electron chi connectivity index (χ0n) is 12.4. The van der Waals surface area contributed by atoms with Crippen molar-refractivity contribution in [1.29, 1.82) is 0 Å². The van der Waals surface area contributed by atoms with E-state index in [1.165, 1.54) is 12.8 Å². The first-order valence-electron chi connectivity index (χ1n) is 7.19. The van der Waals surface area contributed by atoms with Crippen molar-refractivity contribution in [2.75, 3.05) is 13.9 Å². The Kier molecular flexibility index (Phi) is 8.40. The van der Waals surface area contributed by atoms with Gasteiger partial charge >= 0.3 is 0 Å². The number of allylic oxidation sites excluding steroid dienone is 1. The van der Waals surface area contributed by atoms with Crippen LogP contribution in [0.2, 0.25) is 0 Å². The number of methoxy groups -OCH3 is 1. The molecule has 0 bridgehead atoms. The summed E-state index contributed by atoms with van der Waals surface area (Å²) < 4.78 is 10.3. The molecule has 0 aliphatic carbocycles. The number of rotatable bonds is 10. The molecule has 0 radical (unpaired) electrons. The van der Waals surface area contributed by atoms with Gasteiger partial charge in [0.1, 0.15) is 5.75 Å². The monoisotopic (exact) mass is 276 g/mol. The Labute approximate surface area is 121 Å². The van der Waals surface area contributed by atoms with Crippen LogP contribution in [0.1, 0.15) is 44.6 Å². The molecule has 0 amide bonds. The molecule has 0 aromatic heterocycles. The molecule has 3 heteroatoms. The molecule has 1 aromatic rings. The predicted molar refractivity (Wildman–Crippen MR) is 81.7 cm³/mol. The van der Waals surface area contributed by atoms with Gasteiger partial charge < -0.3 is 9.47 Å². The molecule has 1 aromatic carbocycles. The molecule has 0 heterocycles. The molecule has 3 nitrogen and oxygen atoms in total. The van der Waals surface area contributed by atoms with Crippen LogP contribution in [0.25, 0.3) is 6.08 Å². The van der Waals surface area contributed by atoms with Gasteiger partial charge in [0.25, 0.3) is 0 Å². The van der Waals surface area contributed by atoms with E-state index in [4.69, 9.17) is 9.47 Å². The second-order valence-electron chi connectivity index (χ2n) is 4.70. The van der Waals surface area contributed by atoms with Crippen molar-refractivity contribution in [2.24, 2.45) is 0 Å². The maximum atomic E-state index is 11.8. The normalized spacial score (nSPS) is 10.9. The Hall–Kier alpha value is -1.61. The van der Waals surface area contributed by atoms with Crippen molar-refractivity contribution in [3.63, 3.8) is 0 Å². The molecule has 20 heavy (non-hydrogen) atoms. The zero-order valence-corrected chi connectivity index (χ0v) is 12.4. The Balaban J connectivity index is 2.49. The number of para-hydroxylation sites is 1. The van der Waals surface area contributed by atoms with Gasteiger partial charge in [-0.2, -0.15) is 0 Å². The van der Waals surface area contributed by atoms with Crippen molar-refractivity contribution in [2.45, 2.75) is 39.0 Å². The van der Waals surface area contributed by atoms with Crippen molar-refractivity contribution < 1.29 is 14.3 Å². The summed E-state index contributed by atoms with van der Waals surface area (Å²) >= 11 is 0. The average Bonchev–Trinajstić information content (AvgIpc) is 2.48. The summed E-state index contributed by atoms with van der Waals surface area (Å²) in [5.74, 6) is 0.895. The summed E-state index contributed by atoms with van der Waals surface area (Å²) in [6.45, 7) is 2.37. The van der Waals surface area contributed by atoms with Crippen molar-refractivity contribution in [3.05, 3.63) is 35.9 Å². The second kappa shape index (κ2) is 10.2.